The SMILES string of the molecule is O=C(O)c1ccn(C(=O)N2CC3CN(Cc4ccc(C5(O)CCOCC5)cc4C(F)(F)F)CC3C2)n1. The molecular formula is C24H27F3N4O5. The summed E-state index contributed by atoms with van der Waals surface area (Å²) >= 11 is 0. The fourth-order valence-corrected chi connectivity index (χ4v) is 5.57. The zero-order valence-electron chi connectivity index (χ0n) is 19.4. The number of alkyl halides is 3. The summed E-state index contributed by atoms with van der Waals surface area (Å²) < 4.78 is 48.1. The number of aromatic nitrogens is 2. The van der Waals surface area contributed by atoms with Crippen molar-refractivity contribution in [2.24, 2.45) is 11.8 Å². The third-order valence-electron chi connectivity index (χ3n) is 7.50. The van der Waals surface area contributed by atoms with Crippen LogP contribution in [0.1, 0.15) is 40.0 Å². The second-order valence-electron chi connectivity index (χ2n) is 9.87. The maximum Gasteiger partial charge on any atom is 0.416 e. The summed E-state index contributed by atoms with van der Waals surface area (Å²) in [4.78, 5) is 27.3. The van der Waals surface area contributed by atoms with E-state index in [1.54, 1.807) is 11.0 Å². The largest absolute Gasteiger partial charge is 0.476 e. The van der Waals surface area contributed by atoms with Crippen LogP contribution in [0.15, 0.2) is 30.5 Å². The van der Waals surface area contributed by atoms with Crippen molar-refractivity contribution in [3.8, 4) is 0 Å². The van der Waals surface area contributed by atoms with E-state index in [4.69, 9.17) is 9.84 Å². The number of amides is 1. The molecule has 9 nitrogen and oxygen atoms in total. The summed E-state index contributed by atoms with van der Waals surface area (Å²) in [5, 5.41) is 23.7. The number of aliphatic hydroxyl groups is 1. The summed E-state index contributed by atoms with van der Waals surface area (Å²) in [6, 6.07) is 4.97. The van der Waals surface area contributed by atoms with E-state index in [1.807, 2.05) is 4.90 Å². The number of fused-ring (bicyclic) bond motifs is 1. The van der Waals surface area contributed by atoms with E-state index in [2.05, 4.69) is 5.10 Å². The standard InChI is InChI=1S/C24H27F3N4O5/c25-24(26,27)19-9-18(23(35)4-7-36-8-5-23)2-1-15(19)10-29-11-16-13-30(14-17(16)12-29)22(34)31-6-3-20(28-31)21(32)33/h1-3,6,9,16-17,35H,4-5,7-8,10-14H2,(H,32,33). The number of rotatable bonds is 4. The fraction of sp³-hybridized carbons (Fsp3) is 0.542. The first-order chi connectivity index (χ1) is 17.0. The Balaban J connectivity index is 1.25. The van der Waals surface area contributed by atoms with Gasteiger partial charge >= 0.3 is 18.2 Å². The van der Waals surface area contributed by atoms with E-state index in [-0.39, 0.29) is 48.0 Å². The minimum atomic E-state index is -4.55. The molecule has 1 aromatic carbocycles. The molecule has 36 heavy (non-hydrogen) atoms. The molecule has 12 heteroatoms. The zero-order valence-corrected chi connectivity index (χ0v) is 19.4. The summed E-state index contributed by atoms with van der Waals surface area (Å²) in [7, 11) is 0. The highest BCUT2D eigenvalue weighted by atomic mass is 19.4. The number of aromatic carboxylic acids is 1. The lowest BCUT2D eigenvalue weighted by molar-refractivity contribution is -0.138. The van der Waals surface area contributed by atoms with Crippen LogP contribution in [0.2, 0.25) is 0 Å². The van der Waals surface area contributed by atoms with Crippen molar-refractivity contribution in [3.63, 3.8) is 0 Å². The van der Waals surface area contributed by atoms with Gasteiger partial charge in [0.05, 0.1) is 11.2 Å². The molecule has 2 unspecified atom stereocenters. The lowest BCUT2D eigenvalue weighted by atomic mass is 9.84. The Bertz CT molecular complexity index is 1150. The van der Waals surface area contributed by atoms with Crippen molar-refractivity contribution < 1.29 is 37.7 Å². The van der Waals surface area contributed by atoms with Crippen LogP contribution < -0.4 is 0 Å². The van der Waals surface area contributed by atoms with Gasteiger partial charge in [-0.25, -0.2) is 9.59 Å². The Labute approximate surface area is 205 Å². The number of halogens is 3. The first-order valence-corrected chi connectivity index (χ1v) is 11.8. The summed E-state index contributed by atoms with van der Waals surface area (Å²) in [6.45, 7) is 2.69. The van der Waals surface area contributed by atoms with Gasteiger partial charge in [0.1, 0.15) is 0 Å². The number of benzene rings is 1. The maximum absolute atomic E-state index is 14.0. The molecule has 0 spiro atoms. The normalized spacial score (nSPS) is 24.2. The number of carbonyl (C=O) groups is 2. The Morgan fingerprint density at radius 3 is 2.33 bits per heavy atom. The first-order valence-electron chi connectivity index (χ1n) is 11.8. The second kappa shape index (κ2) is 9.16. The average Bonchev–Trinajstić information content (AvgIpc) is 3.54. The summed E-state index contributed by atoms with van der Waals surface area (Å²) in [6.07, 6.45) is -2.73. The molecule has 0 saturated carbocycles. The molecule has 2 aromatic rings. The van der Waals surface area contributed by atoms with Crippen LogP contribution >= 0.6 is 0 Å². The van der Waals surface area contributed by atoms with Crippen LogP contribution in [0, 0.1) is 11.8 Å². The highest BCUT2D eigenvalue weighted by Crippen LogP contribution is 2.39. The molecule has 1 aromatic heterocycles. The van der Waals surface area contributed by atoms with Crippen LogP contribution in [0.4, 0.5) is 18.0 Å². The van der Waals surface area contributed by atoms with Crippen molar-refractivity contribution >= 4 is 12.0 Å². The molecule has 3 aliphatic heterocycles. The van der Waals surface area contributed by atoms with Crippen molar-refractivity contribution in [2.75, 3.05) is 39.4 Å². The molecule has 0 aliphatic carbocycles. The van der Waals surface area contributed by atoms with Gasteiger partial charge in [-0.05, 0) is 35.1 Å². The third kappa shape index (κ3) is 4.72. The lowest BCUT2D eigenvalue weighted by Crippen LogP contribution is -2.36. The quantitative estimate of drug-likeness (QED) is 0.654. The highest BCUT2D eigenvalue weighted by Gasteiger charge is 2.43. The molecule has 2 atom stereocenters. The molecule has 1 amide bonds. The predicted octanol–water partition coefficient (Wildman–Crippen LogP) is 2.63. The van der Waals surface area contributed by atoms with E-state index >= 15 is 0 Å². The van der Waals surface area contributed by atoms with E-state index < -0.39 is 29.3 Å². The number of hydrogen-bond donors (Lipinski definition) is 2. The zero-order chi connectivity index (χ0) is 25.7. The molecule has 4 heterocycles. The third-order valence-corrected chi connectivity index (χ3v) is 7.50. The molecule has 0 radical (unpaired) electrons. The summed E-state index contributed by atoms with van der Waals surface area (Å²) in [5.41, 5.74) is -1.85. The molecule has 3 saturated heterocycles. The monoisotopic (exact) mass is 508 g/mol. The second-order valence-corrected chi connectivity index (χ2v) is 9.87. The van der Waals surface area contributed by atoms with E-state index in [1.165, 1.54) is 18.3 Å². The van der Waals surface area contributed by atoms with E-state index in [9.17, 15) is 27.9 Å². The van der Waals surface area contributed by atoms with Gasteiger partial charge in [0.15, 0.2) is 5.69 Å². The Morgan fingerprint density at radius 1 is 1.08 bits per heavy atom. The molecule has 3 aliphatic rings. The van der Waals surface area contributed by atoms with E-state index in [0.29, 0.717) is 39.4 Å². The number of ether oxygens (including phenoxy) is 1. The van der Waals surface area contributed by atoms with Crippen molar-refractivity contribution in [1.29, 1.82) is 0 Å². The van der Waals surface area contributed by atoms with Gasteiger partial charge in [-0.3, -0.25) is 4.90 Å². The van der Waals surface area contributed by atoms with Gasteiger partial charge in [0, 0.05) is 65.0 Å². The highest BCUT2D eigenvalue weighted by molar-refractivity contribution is 5.86. The minimum absolute atomic E-state index is 0.111. The molecule has 2 N–H and O–H groups in total. The van der Waals surface area contributed by atoms with E-state index in [0.717, 1.165) is 10.7 Å². The predicted molar refractivity (Wildman–Crippen MR) is 119 cm³/mol. The number of carboxylic acid groups (broad SMARTS) is 1. The molecule has 0 bridgehead atoms. The maximum atomic E-state index is 14.0. The number of hydrogen-bond acceptors (Lipinski definition) is 6. The van der Waals surface area contributed by atoms with Crippen molar-refractivity contribution in [2.45, 2.75) is 31.2 Å². The molecule has 194 valence electrons. The smallest absolute Gasteiger partial charge is 0.416 e. The van der Waals surface area contributed by atoms with Gasteiger partial charge < -0.3 is 19.8 Å². The van der Waals surface area contributed by atoms with Gasteiger partial charge in [-0.15, -0.1) is 0 Å². The first kappa shape index (κ1) is 24.7. The molecule has 5 rings (SSSR count). The molecular weight excluding hydrogens is 481 g/mol. The van der Waals surface area contributed by atoms with Gasteiger partial charge in [-0.2, -0.15) is 23.0 Å². The number of carbonyl (C=O) groups excluding carboxylic acids is 1. The Hall–Kier alpha value is -2.96. The fourth-order valence-electron chi connectivity index (χ4n) is 5.57. The van der Waals surface area contributed by atoms with Crippen LogP contribution in [0.25, 0.3) is 0 Å². The number of nitrogens with zero attached hydrogens (tertiary/aromatic N) is 4. The van der Waals surface area contributed by atoms with Gasteiger partial charge in [-0.1, -0.05) is 12.1 Å². The minimum Gasteiger partial charge on any atom is -0.476 e. The Kier molecular flexibility index (Phi) is 6.29. The lowest BCUT2D eigenvalue weighted by Gasteiger charge is -2.33. The number of carboxylic acids is 1. The van der Waals surface area contributed by atoms with Gasteiger partial charge in [0.25, 0.3) is 0 Å². The summed E-state index contributed by atoms with van der Waals surface area (Å²) in [5.74, 6) is -0.997. The van der Waals surface area contributed by atoms with Crippen LogP contribution in [-0.2, 0) is 23.1 Å². The average molecular weight is 508 g/mol. The van der Waals surface area contributed by atoms with Crippen LogP contribution in [0.3, 0.4) is 0 Å². The van der Waals surface area contributed by atoms with Crippen molar-refractivity contribution in [1.82, 2.24) is 19.6 Å². The Morgan fingerprint density at radius 2 is 1.75 bits per heavy atom. The van der Waals surface area contributed by atoms with Gasteiger partial charge in [0.2, 0.25) is 0 Å². The van der Waals surface area contributed by atoms with Crippen LogP contribution in [-0.4, -0.2) is 81.2 Å². The topological polar surface area (TPSA) is 108 Å². The molecule has 3 fully saturated rings. The van der Waals surface area contributed by atoms with Crippen molar-refractivity contribution in [3.05, 3.63) is 52.8 Å². The van der Waals surface area contributed by atoms with Crippen LogP contribution in [0.5, 0.6) is 0 Å². The number of likely N-dealkylation sites (tertiary alicyclic amines) is 2.